The van der Waals surface area contributed by atoms with Crippen LogP contribution in [0.2, 0.25) is 10.3 Å². The molecule has 100 valence electrons. The van der Waals surface area contributed by atoms with Crippen LogP contribution in [0.1, 0.15) is 31.9 Å². The van der Waals surface area contributed by atoms with Gasteiger partial charge < -0.3 is 0 Å². The van der Waals surface area contributed by atoms with Gasteiger partial charge >= 0.3 is 0 Å². The summed E-state index contributed by atoms with van der Waals surface area (Å²) in [5, 5.41) is 0.851. The molecule has 2 nitrogen and oxygen atoms in total. The molecule has 2 aromatic heterocycles. The quantitative estimate of drug-likeness (QED) is 0.604. The monoisotopic (exact) mass is 295 g/mol. The van der Waals surface area contributed by atoms with Crippen molar-refractivity contribution < 1.29 is 4.57 Å². The summed E-state index contributed by atoms with van der Waals surface area (Å²) in [5.74, 6) is 0. The van der Waals surface area contributed by atoms with Crippen molar-refractivity contribution in [2.24, 2.45) is 0 Å². The van der Waals surface area contributed by atoms with Gasteiger partial charge in [-0.05, 0) is 23.1 Å². The second-order valence-electron chi connectivity index (χ2n) is 5.63. The van der Waals surface area contributed by atoms with Gasteiger partial charge in [-0.1, -0.05) is 44.0 Å². The van der Waals surface area contributed by atoms with Gasteiger partial charge in [0.1, 0.15) is 10.3 Å². The van der Waals surface area contributed by atoms with Crippen molar-refractivity contribution in [3.63, 3.8) is 0 Å². The molecule has 0 saturated carbocycles. The van der Waals surface area contributed by atoms with Crippen LogP contribution in [0.4, 0.5) is 0 Å². The summed E-state index contributed by atoms with van der Waals surface area (Å²) in [6, 6.07) is 7.95. The largest absolute Gasteiger partial charge is 0.224 e. The van der Waals surface area contributed by atoms with Crippen LogP contribution in [0.3, 0.4) is 0 Å². The van der Waals surface area contributed by atoms with E-state index in [1.165, 1.54) is 5.56 Å². The smallest absolute Gasteiger partial charge is 0.174 e. The third-order valence-corrected chi connectivity index (χ3v) is 3.33. The Hall–Kier alpha value is -1.12. The average Bonchev–Trinajstić information content (AvgIpc) is 2.26. The van der Waals surface area contributed by atoms with E-state index in [0.29, 0.717) is 10.3 Å². The molecule has 0 aromatic carbocycles. The van der Waals surface area contributed by atoms with Crippen molar-refractivity contribution in [1.29, 1.82) is 0 Å². The molecule has 0 aliphatic heterocycles. The van der Waals surface area contributed by atoms with E-state index in [2.05, 4.69) is 54.8 Å². The molecule has 0 spiro atoms. The van der Waals surface area contributed by atoms with Crippen LogP contribution in [-0.2, 0) is 12.0 Å². The van der Waals surface area contributed by atoms with Crippen molar-refractivity contribution in [1.82, 2.24) is 4.98 Å². The molecule has 0 unspecified atom stereocenters. The maximum atomic E-state index is 5.90. The Morgan fingerprint density at radius 2 is 1.58 bits per heavy atom. The highest BCUT2D eigenvalue weighted by Gasteiger charge is 2.15. The predicted molar refractivity (Wildman–Crippen MR) is 78.7 cm³/mol. The minimum Gasteiger partial charge on any atom is -0.224 e. The van der Waals surface area contributed by atoms with E-state index in [1.54, 1.807) is 0 Å². The lowest BCUT2D eigenvalue weighted by molar-refractivity contribution is -0.688. The summed E-state index contributed by atoms with van der Waals surface area (Å²) in [6.07, 6.45) is 4.14. The van der Waals surface area contributed by atoms with Gasteiger partial charge in [-0.2, -0.15) is 0 Å². The molecule has 2 heterocycles. The van der Waals surface area contributed by atoms with Crippen molar-refractivity contribution in [2.75, 3.05) is 0 Å². The zero-order valence-corrected chi connectivity index (χ0v) is 12.8. The molecule has 4 heteroatoms. The molecular weight excluding hydrogens is 279 g/mol. The fraction of sp³-hybridized carbons (Fsp3) is 0.333. The normalized spacial score (nSPS) is 11.6. The van der Waals surface area contributed by atoms with Gasteiger partial charge in [-0.3, -0.25) is 0 Å². The number of pyridine rings is 2. The summed E-state index contributed by atoms with van der Waals surface area (Å²) >= 11 is 11.8. The highest BCUT2D eigenvalue weighted by atomic mass is 35.5. The number of aromatic nitrogens is 2. The lowest BCUT2D eigenvalue weighted by Crippen LogP contribution is -2.33. The minimum atomic E-state index is 0.169. The predicted octanol–water partition coefficient (Wildman–Crippen LogP) is 4.02. The Balaban J connectivity index is 2.20. The Morgan fingerprint density at radius 3 is 2.05 bits per heavy atom. The molecule has 2 aromatic rings. The van der Waals surface area contributed by atoms with Crippen molar-refractivity contribution in [3.05, 3.63) is 58.1 Å². The van der Waals surface area contributed by atoms with E-state index in [-0.39, 0.29) is 5.41 Å². The maximum Gasteiger partial charge on any atom is 0.174 e. The van der Waals surface area contributed by atoms with Gasteiger partial charge in [-0.15, -0.1) is 0 Å². The Kier molecular flexibility index (Phi) is 4.12. The molecule has 0 amide bonds. The molecule has 0 aliphatic rings. The first-order chi connectivity index (χ1) is 8.84. The molecule has 0 fully saturated rings. The zero-order valence-electron chi connectivity index (χ0n) is 11.3. The lowest BCUT2D eigenvalue weighted by atomic mass is 9.88. The molecule has 19 heavy (non-hydrogen) atoms. The van der Waals surface area contributed by atoms with E-state index in [4.69, 9.17) is 23.2 Å². The van der Waals surface area contributed by atoms with Gasteiger partial charge in [0.25, 0.3) is 0 Å². The third-order valence-electron chi connectivity index (χ3n) is 2.94. The van der Waals surface area contributed by atoms with E-state index in [1.807, 2.05) is 12.1 Å². The van der Waals surface area contributed by atoms with Crippen molar-refractivity contribution in [3.8, 4) is 0 Å². The molecule has 0 bridgehead atoms. The fourth-order valence-corrected chi connectivity index (χ4v) is 2.38. The van der Waals surface area contributed by atoms with Crippen LogP contribution < -0.4 is 4.57 Å². The molecule has 0 aliphatic carbocycles. The third kappa shape index (κ3) is 3.92. The van der Waals surface area contributed by atoms with Gasteiger partial charge in [0.05, 0.1) is 0 Å². The first kappa shape index (κ1) is 14.3. The summed E-state index contributed by atoms with van der Waals surface area (Å²) in [5.41, 5.74) is 2.52. The molecule has 0 N–H and O–H groups in total. The number of halogens is 2. The highest BCUT2D eigenvalue weighted by molar-refractivity contribution is 6.32. The van der Waals surface area contributed by atoms with E-state index in [9.17, 15) is 0 Å². The number of rotatable bonds is 2. The van der Waals surface area contributed by atoms with E-state index >= 15 is 0 Å². The SMILES string of the molecule is CC(C)(C)c1cc[n+](Cc2cc(Cl)nc(Cl)c2)cc1. The summed E-state index contributed by atoms with van der Waals surface area (Å²) < 4.78 is 2.09. The standard InChI is InChI=1S/C15H17Cl2N2/c1-15(2,3)12-4-6-19(7-5-12)10-11-8-13(16)18-14(17)9-11/h4-9H,10H2,1-3H3/q+1. The van der Waals surface area contributed by atoms with Gasteiger partial charge in [0.2, 0.25) is 0 Å². The summed E-state index contributed by atoms with van der Waals surface area (Å²) in [7, 11) is 0. The average molecular weight is 296 g/mol. The summed E-state index contributed by atoms with van der Waals surface area (Å²) in [4.78, 5) is 3.94. The van der Waals surface area contributed by atoms with Gasteiger partial charge in [-0.25, -0.2) is 9.55 Å². The molecule has 0 saturated heterocycles. The van der Waals surface area contributed by atoms with Crippen LogP contribution in [0, 0.1) is 0 Å². The number of hydrogen-bond donors (Lipinski definition) is 0. The van der Waals surface area contributed by atoms with Crippen molar-refractivity contribution >= 4 is 23.2 Å². The Morgan fingerprint density at radius 1 is 1.05 bits per heavy atom. The van der Waals surface area contributed by atoms with Crippen molar-refractivity contribution in [2.45, 2.75) is 32.7 Å². The van der Waals surface area contributed by atoms with Crippen LogP contribution in [0.15, 0.2) is 36.7 Å². The van der Waals surface area contributed by atoms with Crippen LogP contribution in [0.25, 0.3) is 0 Å². The second-order valence-corrected chi connectivity index (χ2v) is 6.40. The molecule has 0 atom stereocenters. The molecular formula is C15H17Cl2N2+. The van der Waals surface area contributed by atoms with E-state index < -0.39 is 0 Å². The topological polar surface area (TPSA) is 16.8 Å². The first-order valence-electron chi connectivity index (χ1n) is 6.16. The van der Waals surface area contributed by atoms with Gasteiger partial charge in [0, 0.05) is 17.7 Å². The first-order valence-corrected chi connectivity index (χ1v) is 6.92. The Bertz CT molecular complexity index is 551. The maximum absolute atomic E-state index is 5.90. The fourth-order valence-electron chi connectivity index (χ4n) is 1.88. The van der Waals surface area contributed by atoms with Crippen LogP contribution in [-0.4, -0.2) is 4.98 Å². The van der Waals surface area contributed by atoms with E-state index in [0.717, 1.165) is 12.1 Å². The lowest BCUT2D eigenvalue weighted by Gasteiger charge is -2.17. The second kappa shape index (κ2) is 5.48. The molecule has 0 radical (unpaired) electrons. The van der Waals surface area contributed by atoms with Gasteiger partial charge in [0.15, 0.2) is 18.9 Å². The Labute approximate surface area is 124 Å². The number of nitrogens with zero attached hydrogens (tertiary/aromatic N) is 2. The van der Waals surface area contributed by atoms with Crippen LogP contribution >= 0.6 is 23.2 Å². The highest BCUT2D eigenvalue weighted by Crippen LogP contribution is 2.20. The minimum absolute atomic E-state index is 0.169. The summed E-state index contributed by atoms with van der Waals surface area (Å²) in [6.45, 7) is 7.34. The zero-order chi connectivity index (χ0) is 14.0. The molecule has 2 rings (SSSR count). The van der Waals surface area contributed by atoms with Crippen LogP contribution in [0.5, 0.6) is 0 Å². The number of hydrogen-bond acceptors (Lipinski definition) is 1.